The number of carbonyl (C=O) groups excluding carboxylic acids is 2. The molecule has 31 heavy (non-hydrogen) atoms. The Labute approximate surface area is 181 Å². The summed E-state index contributed by atoms with van der Waals surface area (Å²) in [6.07, 6.45) is 0.0111. The first-order chi connectivity index (χ1) is 15.0. The van der Waals surface area contributed by atoms with Crippen molar-refractivity contribution in [2.45, 2.75) is 19.9 Å². The topological polar surface area (TPSA) is 118 Å². The van der Waals surface area contributed by atoms with E-state index in [0.717, 1.165) is 18.2 Å². The van der Waals surface area contributed by atoms with Crippen molar-refractivity contribution in [1.29, 1.82) is 0 Å². The third-order valence-corrected chi connectivity index (χ3v) is 5.84. The number of nitrogens with one attached hydrogen (secondary N) is 2. The number of nitrogens with zero attached hydrogens (tertiary/aromatic N) is 4. The van der Waals surface area contributed by atoms with Gasteiger partial charge in [-0.05, 0) is 19.1 Å². The number of amides is 2. The van der Waals surface area contributed by atoms with Crippen molar-refractivity contribution in [2.75, 3.05) is 31.2 Å². The predicted octanol–water partition coefficient (Wildman–Crippen LogP) is 0.849. The minimum absolute atomic E-state index is 0.0111. The average molecular weight is 443 g/mol. The SMILES string of the molecule is Cc1nc2ccccc2c(=O)n1CCC(=O)NNC(=O)c1csc(N2CCOCC2)n1. The van der Waals surface area contributed by atoms with Crippen molar-refractivity contribution >= 4 is 39.2 Å². The van der Waals surface area contributed by atoms with E-state index < -0.39 is 11.8 Å². The second-order valence-corrected chi connectivity index (χ2v) is 7.84. The molecular weight excluding hydrogens is 420 g/mol. The van der Waals surface area contributed by atoms with E-state index in [1.165, 1.54) is 15.9 Å². The second kappa shape index (κ2) is 9.23. The molecule has 0 spiro atoms. The van der Waals surface area contributed by atoms with Gasteiger partial charge in [0.25, 0.3) is 11.5 Å². The van der Waals surface area contributed by atoms with Gasteiger partial charge >= 0.3 is 0 Å². The van der Waals surface area contributed by atoms with Crippen LogP contribution < -0.4 is 21.3 Å². The van der Waals surface area contributed by atoms with Crippen LogP contribution in [0.3, 0.4) is 0 Å². The summed E-state index contributed by atoms with van der Waals surface area (Å²) in [5.74, 6) is -0.389. The van der Waals surface area contributed by atoms with Gasteiger partial charge in [0.2, 0.25) is 5.91 Å². The van der Waals surface area contributed by atoms with Crippen LogP contribution in [0, 0.1) is 6.92 Å². The number of hydrogen-bond acceptors (Lipinski definition) is 8. The standard InChI is InChI=1S/C20H22N6O4S/c1-13-21-15-5-3-2-4-14(15)19(29)26(13)7-6-17(27)23-24-18(28)16-12-31-20(22-16)25-8-10-30-11-9-25/h2-5,12H,6-11H2,1H3,(H,23,27)(H,24,28). The molecule has 2 aromatic heterocycles. The molecule has 1 aliphatic rings. The van der Waals surface area contributed by atoms with Crippen LogP contribution in [0.25, 0.3) is 10.9 Å². The lowest BCUT2D eigenvalue weighted by molar-refractivity contribution is -0.122. The maximum atomic E-state index is 12.6. The summed E-state index contributed by atoms with van der Waals surface area (Å²) in [6.45, 7) is 4.60. The van der Waals surface area contributed by atoms with Crippen LogP contribution in [-0.4, -0.2) is 52.7 Å². The van der Waals surface area contributed by atoms with Gasteiger partial charge in [-0.3, -0.25) is 29.8 Å². The molecule has 0 saturated carbocycles. The number of rotatable bonds is 5. The molecule has 4 rings (SSSR count). The molecular formula is C20H22N6O4S. The molecule has 0 unspecified atom stereocenters. The van der Waals surface area contributed by atoms with Gasteiger partial charge in [0, 0.05) is 31.4 Å². The van der Waals surface area contributed by atoms with Gasteiger partial charge in [0.05, 0.1) is 24.1 Å². The highest BCUT2D eigenvalue weighted by Gasteiger charge is 2.18. The van der Waals surface area contributed by atoms with Gasteiger partial charge in [-0.1, -0.05) is 12.1 Å². The molecule has 1 fully saturated rings. The zero-order valence-corrected chi connectivity index (χ0v) is 17.8. The van der Waals surface area contributed by atoms with Crippen molar-refractivity contribution in [2.24, 2.45) is 0 Å². The molecule has 2 amide bonds. The number of fused-ring (bicyclic) bond motifs is 1. The molecule has 0 aliphatic carbocycles. The Hall–Kier alpha value is -3.31. The fourth-order valence-electron chi connectivity index (χ4n) is 3.28. The van der Waals surface area contributed by atoms with Crippen molar-refractivity contribution in [3.8, 4) is 0 Å². The number of aryl methyl sites for hydroxylation is 1. The number of carbonyl (C=O) groups is 2. The molecule has 162 valence electrons. The predicted molar refractivity (Wildman–Crippen MR) is 116 cm³/mol. The second-order valence-electron chi connectivity index (χ2n) is 7.00. The summed E-state index contributed by atoms with van der Waals surface area (Å²) in [7, 11) is 0. The first kappa shape index (κ1) is 20.9. The number of hydrazine groups is 1. The minimum atomic E-state index is -0.496. The number of benzene rings is 1. The summed E-state index contributed by atoms with van der Waals surface area (Å²) in [6, 6.07) is 7.08. The van der Waals surface area contributed by atoms with Gasteiger partial charge in [-0.25, -0.2) is 9.97 Å². The molecule has 0 bridgehead atoms. The van der Waals surface area contributed by atoms with E-state index in [9.17, 15) is 14.4 Å². The summed E-state index contributed by atoms with van der Waals surface area (Å²) in [5, 5.41) is 2.90. The zero-order valence-electron chi connectivity index (χ0n) is 17.0. The van der Waals surface area contributed by atoms with E-state index in [1.54, 1.807) is 30.5 Å². The normalized spacial score (nSPS) is 13.9. The molecule has 3 aromatic rings. The Balaban J connectivity index is 1.32. The van der Waals surface area contributed by atoms with Crippen LogP contribution in [0.4, 0.5) is 5.13 Å². The number of para-hydroxylation sites is 1. The van der Waals surface area contributed by atoms with Crippen molar-refractivity contribution < 1.29 is 14.3 Å². The van der Waals surface area contributed by atoms with Crippen LogP contribution in [0.5, 0.6) is 0 Å². The zero-order chi connectivity index (χ0) is 21.8. The number of thiazole rings is 1. The fourth-order valence-corrected chi connectivity index (χ4v) is 4.14. The van der Waals surface area contributed by atoms with Crippen molar-refractivity contribution in [3.63, 3.8) is 0 Å². The van der Waals surface area contributed by atoms with Gasteiger partial charge in [-0.2, -0.15) is 0 Å². The molecule has 0 radical (unpaired) electrons. The smallest absolute Gasteiger partial charge is 0.289 e. The number of aromatic nitrogens is 3. The Morgan fingerprint density at radius 3 is 2.74 bits per heavy atom. The van der Waals surface area contributed by atoms with Gasteiger partial charge in [0.1, 0.15) is 11.5 Å². The third kappa shape index (κ3) is 4.72. The minimum Gasteiger partial charge on any atom is -0.378 e. The fraction of sp³-hybridized carbons (Fsp3) is 0.350. The van der Waals surface area contributed by atoms with Crippen molar-refractivity contribution in [3.05, 3.63) is 51.5 Å². The van der Waals surface area contributed by atoms with Gasteiger partial charge < -0.3 is 9.64 Å². The van der Waals surface area contributed by atoms with Crippen molar-refractivity contribution in [1.82, 2.24) is 25.4 Å². The number of anilines is 1. The molecule has 11 heteroatoms. The van der Waals surface area contributed by atoms with Gasteiger partial charge in [0.15, 0.2) is 5.13 Å². The Morgan fingerprint density at radius 2 is 1.94 bits per heavy atom. The molecule has 1 aliphatic heterocycles. The van der Waals surface area contributed by atoms with Crippen LogP contribution in [-0.2, 0) is 16.1 Å². The molecule has 0 atom stereocenters. The first-order valence-electron chi connectivity index (χ1n) is 9.86. The summed E-state index contributed by atoms with van der Waals surface area (Å²) >= 11 is 1.37. The number of morpholine rings is 1. The number of ether oxygens (including phenoxy) is 1. The summed E-state index contributed by atoms with van der Waals surface area (Å²) < 4.78 is 6.77. The van der Waals surface area contributed by atoms with Crippen LogP contribution in [0.2, 0.25) is 0 Å². The summed E-state index contributed by atoms with van der Waals surface area (Å²) in [4.78, 5) is 47.9. The van der Waals surface area contributed by atoms with E-state index in [2.05, 4.69) is 25.7 Å². The molecule has 1 aromatic carbocycles. The molecule has 1 saturated heterocycles. The lowest BCUT2D eigenvalue weighted by atomic mass is 10.2. The monoisotopic (exact) mass is 442 g/mol. The van der Waals surface area contributed by atoms with E-state index >= 15 is 0 Å². The largest absolute Gasteiger partial charge is 0.378 e. The Kier molecular flexibility index (Phi) is 6.23. The molecule has 2 N–H and O–H groups in total. The average Bonchev–Trinajstić information content (AvgIpc) is 3.28. The summed E-state index contributed by atoms with van der Waals surface area (Å²) in [5.41, 5.74) is 5.40. The Morgan fingerprint density at radius 1 is 1.16 bits per heavy atom. The molecule has 10 nitrogen and oxygen atoms in total. The molecule has 3 heterocycles. The van der Waals surface area contributed by atoms with E-state index in [1.807, 2.05) is 6.07 Å². The third-order valence-electron chi connectivity index (χ3n) is 4.94. The highest BCUT2D eigenvalue weighted by molar-refractivity contribution is 7.13. The van der Waals surface area contributed by atoms with Crippen LogP contribution >= 0.6 is 11.3 Å². The number of hydrogen-bond donors (Lipinski definition) is 2. The highest BCUT2D eigenvalue weighted by Crippen LogP contribution is 2.21. The maximum Gasteiger partial charge on any atom is 0.289 e. The van der Waals surface area contributed by atoms with E-state index in [0.29, 0.717) is 29.9 Å². The lowest BCUT2D eigenvalue weighted by Gasteiger charge is -2.25. The maximum absolute atomic E-state index is 12.6. The van der Waals surface area contributed by atoms with E-state index in [4.69, 9.17) is 4.74 Å². The Bertz CT molecular complexity index is 1170. The lowest BCUT2D eigenvalue weighted by Crippen LogP contribution is -2.42. The first-order valence-corrected chi connectivity index (χ1v) is 10.7. The highest BCUT2D eigenvalue weighted by atomic mass is 32.1. The van der Waals surface area contributed by atoms with E-state index in [-0.39, 0.29) is 24.2 Å². The quantitative estimate of drug-likeness (QED) is 0.563. The van der Waals surface area contributed by atoms with Crippen LogP contribution in [0.1, 0.15) is 22.7 Å². The van der Waals surface area contributed by atoms with Gasteiger partial charge in [-0.15, -0.1) is 11.3 Å². The van der Waals surface area contributed by atoms with Crippen LogP contribution in [0.15, 0.2) is 34.4 Å².